The zero-order valence-electron chi connectivity index (χ0n) is 21.0. The van der Waals surface area contributed by atoms with Crippen LogP contribution in [0.3, 0.4) is 0 Å². The minimum absolute atomic E-state index is 0.795. The van der Waals surface area contributed by atoms with E-state index in [9.17, 15) is 0 Å². The number of rotatable bonds is 24. The molecular weight excluding hydrogens is 382 g/mol. The van der Waals surface area contributed by atoms with Gasteiger partial charge in [-0.3, -0.25) is 0 Å². The molecule has 1 aromatic rings. The van der Waals surface area contributed by atoms with Crippen molar-refractivity contribution in [3.05, 3.63) is 12.4 Å². The summed E-state index contributed by atoms with van der Waals surface area (Å²) in [6.07, 6.45) is 30.9. The number of aromatic amines is 1. The molecule has 0 saturated heterocycles. The van der Waals surface area contributed by atoms with Crippen LogP contribution in [0.15, 0.2) is 12.4 Å². The zero-order valence-corrected chi connectivity index (χ0v) is 21.0. The van der Waals surface area contributed by atoms with Crippen LogP contribution in [0, 0.1) is 0 Å². The van der Waals surface area contributed by atoms with Gasteiger partial charge in [-0.25, -0.2) is 0 Å². The predicted molar refractivity (Wildman–Crippen MR) is 135 cm³/mol. The minimum atomic E-state index is 0.795. The third-order valence-electron chi connectivity index (χ3n) is 6.18. The summed E-state index contributed by atoms with van der Waals surface area (Å²) in [6.45, 7) is 6.15. The topological polar surface area (TPSA) is 34.2 Å². The Balaban J connectivity index is 1.91. The summed E-state index contributed by atoms with van der Waals surface area (Å²) in [7, 11) is 0. The van der Waals surface area contributed by atoms with Gasteiger partial charge in [-0.05, 0) is 12.8 Å². The van der Waals surface area contributed by atoms with Gasteiger partial charge < -0.3 is 14.5 Å². The van der Waals surface area contributed by atoms with Gasteiger partial charge in [0.25, 0.3) is 0 Å². The maximum atomic E-state index is 5.94. The standard InChI is InChI=1S/C28H53NO2/c1-3-5-7-9-11-13-15-17-19-21-23-30-27-25-29-26-28(27)31-24-22-20-18-16-14-12-10-8-6-4-2/h25-26,29H,3-24H2,1-2H3. The predicted octanol–water partition coefficient (Wildman–Crippen LogP) is 9.61. The molecule has 0 atom stereocenters. The summed E-state index contributed by atoms with van der Waals surface area (Å²) < 4.78 is 11.9. The normalized spacial score (nSPS) is 11.2. The molecule has 1 rings (SSSR count). The SMILES string of the molecule is CCCCCCCCCCCCOc1c[nH]cc1OCCCCCCCCCCCC. The van der Waals surface area contributed by atoms with E-state index in [2.05, 4.69) is 18.8 Å². The lowest BCUT2D eigenvalue weighted by Crippen LogP contribution is -2.01. The molecule has 0 saturated carbocycles. The molecule has 3 nitrogen and oxygen atoms in total. The van der Waals surface area contributed by atoms with Crippen LogP contribution in [0.1, 0.15) is 142 Å². The Hall–Kier alpha value is -1.12. The molecule has 1 aromatic heterocycles. The number of H-pyrrole nitrogens is 1. The van der Waals surface area contributed by atoms with E-state index >= 15 is 0 Å². The van der Waals surface area contributed by atoms with Crippen molar-refractivity contribution < 1.29 is 9.47 Å². The number of ether oxygens (including phenoxy) is 2. The van der Waals surface area contributed by atoms with Crippen LogP contribution in [0.2, 0.25) is 0 Å². The van der Waals surface area contributed by atoms with Gasteiger partial charge in [0.15, 0.2) is 11.5 Å². The summed E-state index contributed by atoms with van der Waals surface area (Å²) in [4.78, 5) is 3.13. The maximum absolute atomic E-state index is 5.94. The lowest BCUT2D eigenvalue weighted by atomic mass is 10.1. The van der Waals surface area contributed by atoms with Crippen molar-refractivity contribution in [3.63, 3.8) is 0 Å². The van der Waals surface area contributed by atoms with Crippen molar-refractivity contribution in [2.75, 3.05) is 13.2 Å². The quantitative estimate of drug-likeness (QED) is 0.164. The van der Waals surface area contributed by atoms with Gasteiger partial charge in [-0.15, -0.1) is 0 Å². The van der Waals surface area contributed by atoms with Crippen LogP contribution >= 0.6 is 0 Å². The van der Waals surface area contributed by atoms with Gasteiger partial charge >= 0.3 is 0 Å². The highest BCUT2D eigenvalue weighted by Crippen LogP contribution is 2.27. The molecule has 0 aliphatic carbocycles. The Morgan fingerprint density at radius 3 is 1.06 bits per heavy atom. The fourth-order valence-corrected chi connectivity index (χ4v) is 4.10. The summed E-state index contributed by atoms with van der Waals surface area (Å²) in [5.74, 6) is 1.76. The minimum Gasteiger partial charge on any atom is -0.488 e. The van der Waals surface area contributed by atoms with Crippen molar-refractivity contribution in [1.82, 2.24) is 4.98 Å². The molecule has 0 aliphatic rings. The summed E-state index contributed by atoms with van der Waals surface area (Å²) in [5.41, 5.74) is 0. The van der Waals surface area contributed by atoms with Crippen LogP contribution in [0.5, 0.6) is 11.5 Å². The van der Waals surface area contributed by atoms with E-state index in [1.807, 2.05) is 12.4 Å². The van der Waals surface area contributed by atoms with Crippen LogP contribution in [0.25, 0.3) is 0 Å². The van der Waals surface area contributed by atoms with Crippen molar-refractivity contribution in [2.45, 2.75) is 142 Å². The van der Waals surface area contributed by atoms with Gasteiger partial charge in [0, 0.05) is 12.4 Å². The largest absolute Gasteiger partial charge is 0.488 e. The van der Waals surface area contributed by atoms with Gasteiger partial charge in [-0.1, -0.05) is 129 Å². The molecule has 0 aromatic carbocycles. The summed E-state index contributed by atoms with van der Waals surface area (Å²) in [6, 6.07) is 0. The van der Waals surface area contributed by atoms with E-state index in [1.54, 1.807) is 0 Å². The molecule has 1 N–H and O–H groups in total. The van der Waals surface area contributed by atoms with E-state index in [0.29, 0.717) is 0 Å². The molecule has 0 amide bonds. The molecule has 1 heterocycles. The fourth-order valence-electron chi connectivity index (χ4n) is 4.10. The second-order valence-corrected chi connectivity index (χ2v) is 9.24. The number of aromatic nitrogens is 1. The first-order chi connectivity index (χ1) is 15.4. The molecule has 3 heteroatoms. The summed E-state index contributed by atoms with van der Waals surface area (Å²) in [5, 5.41) is 0. The molecule has 0 radical (unpaired) electrons. The van der Waals surface area contributed by atoms with Gasteiger partial charge in [-0.2, -0.15) is 0 Å². The van der Waals surface area contributed by atoms with E-state index < -0.39 is 0 Å². The molecule has 0 bridgehead atoms. The Bertz CT molecular complexity index is 431. The monoisotopic (exact) mass is 435 g/mol. The first kappa shape index (κ1) is 27.9. The van der Waals surface area contributed by atoms with Gasteiger partial charge in [0.1, 0.15) is 0 Å². The van der Waals surface area contributed by atoms with E-state index in [0.717, 1.165) is 37.6 Å². The van der Waals surface area contributed by atoms with E-state index in [-0.39, 0.29) is 0 Å². The van der Waals surface area contributed by atoms with E-state index in [1.165, 1.54) is 116 Å². The molecule has 0 aliphatic heterocycles. The van der Waals surface area contributed by atoms with Crippen LogP contribution in [-0.4, -0.2) is 18.2 Å². The van der Waals surface area contributed by atoms with Crippen LogP contribution in [-0.2, 0) is 0 Å². The second kappa shape index (κ2) is 22.1. The molecule has 0 fully saturated rings. The van der Waals surface area contributed by atoms with Crippen molar-refractivity contribution in [3.8, 4) is 11.5 Å². The lowest BCUT2D eigenvalue weighted by Gasteiger charge is -2.09. The summed E-state index contributed by atoms with van der Waals surface area (Å²) >= 11 is 0. The Morgan fingerprint density at radius 2 is 0.742 bits per heavy atom. The average Bonchev–Trinajstić information content (AvgIpc) is 3.23. The van der Waals surface area contributed by atoms with Crippen molar-refractivity contribution in [1.29, 1.82) is 0 Å². The van der Waals surface area contributed by atoms with Crippen LogP contribution < -0.4 is 9.47 Å². The highest BCUT2D eigenvalue weighted by molar-refractivity contribution is 5.36. The molecular formula is C28H53NO2. The molecule has 182 valence electrons. The Labute approximate surface area is 194 Å². The maximum Gasteiger partial charge on any atom is 0.178 e. The van der Waals surface area contributed by atoms with Gasteiger partial charge in [0.05, 0.1) is 13.2 Å². The second-order valence-electron chi connectivity index (χ2n) is 9.24. The van der Waals surface area contributed by atoms with Crippen molar-refractivity contribution in [2.24, 2.45) is 0 Å². The third kappa shape index (κ3) is 17.2. The molecule has 31 heavy (non-hydrogen) atoms. The van der Waals surface area contributed by atoms with Crippen LogP contribution in [0.4, 0.5) is 0 Å². The van der Waals surface area contributed by atoms with Crippen molar-refractivity contribution >= 4 is 0 Å². The lowest BCUT2D eigenvalue weighted by molar-refractivity contribution is 0.260. The average molecular weight is 436 g/mol. The number of hydrogen-bond donors (Lipinski definition) is 1. The molecule has 0 spiro atoms. The number of nitrogens with one attached hydrogen (secondary N) is 1. The highest BCUT2D eigenvalue weighted by atomic mass is 16.5. The smallest absolute Gasteiger partial charge is 0.178 e. The van der Waals surface area contributed by atoms with E-state index in [4.69, 9.17) is 9.47 Å². The third-order valence-corrected chi connectivity index (χ3v) is 6.18. The number of unbranched alkanes of at least 4 members (excludes halogenated alkanes) is 18. The fraction of sp³-hybridized carbons (Fsp3) is 0.857. The first-order valence-corrected chi connectivity index (χ1v) is 13.8. The first-order valence-electron chi connectivity index (χ1n) is 13.8. The molecule has 0 unspecified atom stereocenters. The Kier molecular flexibility index (Phi) is 19.9. The number of hydrogen-bond acceptors (Lipinski definition) is 2. The Morgan fingerprint density at radius 1 is 0.452 bits per heavy atom. The zero-order chi connectivity index (χ0) is 22.2. The van der Waals surface area contributed by atoms with Gasteiger partial charge in [0.2, 0.25) is 0 Å². The highest BCUT2D eigenvalue weighted by Gasteiger charge is 2.06.